The van der Waals surface area contributed by atoms with Gasteiger partial charge in [0.25, 0.3) is 5.91 Å². The molecule has 5 nitrogen and oxygen atoms in total. The van der Waals surface area contributed by atoms with Gasteiger partial charge in [0.2, 0.25) is 0 Å². The molecular formula is C15H24N2O3. The molecule has 1 rings (SSSR count). The van der Waals surface area contributed by atoms with Crippen LogP contribution in [0.5, 0.6) is 11.5 Å². The first-order valence-corrected chi connectivity index (χ1v) is 6.77. The van der Waals surface area contributed by atoms with Crippen LogP contribution in [0.3, 0.4) is 0 Å². The van der Waals surface area contributed by atoms with Crippen molar-refractivity contribution in [2.45, 2.75) is 26.8 Å². The molecule has 3 N–H and O–H groups in total. The fraction of sp³-hybridized carbons (Fsp3) is 0.533. The van der Waals surface area contributed by atoms with Gasteiger partial charge in [-0.15, -0.1) is 0 Å². The number of nitrogens with two attached hydrogens (primary N) is 1. The topological polar surface area (TPSA) is 73.6 Å². The minimum Gasteiger partial charge on any atom is -0.497 e. The largest absolute Gasteiger partial charge is 0.497 e. The molecule has 5 heteroatoms. The van der Waals surface area contributed by atoms with E-state index in [0.717, 1.165) is 5.56 Å². The SMILES string of the molecule is COc1ccc(C(C)N)c(OCC(=O)NCC(C)C)c1. The quantitative estimate of drug-likeness (QED) is 0.799. The van der Waals surface area contributed by atoms with Gasteiger partial charge in [0.1, 0.15) is 11.5 Å². The first-order valence-electron chi connectivity index (χ1n) is 6.77. The van der Waals surface area contributed by atoms with Gasteiger partial charge >= 0.3 is 0 Å². The van der Waals surface area contributed by atoms with Crippen LogP contribution in [0, 0.1) is 5.92 Å². The highest BCUT2D eigenvalue weighted by Crippen LogP contribution is 2.28. The van der Waals surface area contributed by atoms with E-state index in [9.17, 15) is 4.79 Å². The molecule has 0 heterocycles. The Morgan fingerprint density at radius 1 is 1.35 bits per heavy atom. The minimum absolute atomic E-state index is 0.0282. The molecule has 0 fully saturated rings. The van der Waals surface area contributed by atoms with E-state index in [1.165, 1.54) is 0 Å². The summed E-state index contributed by atoms with van der Waals surface area (Å²) in [6.07, 6.45) is 0. The maximum absolute atomic E-state index is 11.7. The van der Waals surface area contributed by atoms with Crippen molar-refractivity contribution < 1.29 is 14.3 Å². The van der Waals surface area contributed by atoms with Crippen molar-refractivity contribution in [1.82, 2.24) is 5.32 Å². The Bertz CT molecular complexity index is 445. The summed E-state index contributed by atoms with van der Waals surface area (Å²) in [7, 11) is 1.58. The molecule has 0 radical (unpaired) electrons. The third-order valence-electron chi connectivity index (χ3n) is 2.78. The van der Waals surface area contributed by atoms with Crippen LogP contribution in [0.15, 0.2) is 18.2 Å². The number of amides is 1. The van der Waals surface area contributed by atoms with Gasteiger partial charge in [-0.05, 0) is 18.9 Å². The normalized spacial score (nSPS) is 12.1. The summed E-state index contributed by atoms with van der Waals surface area (Å²) in [5, 5.41) is 2.80. The van der Waals surface area contributed by atoms with Gasteiger partial charge in [-0.1, -0.05) is 19.9 Å². The van der Waals surface area contributed by atoms with Gasteiger partial charge in [-0.3, -0.25) is 4.79 Å². The second kappa shape index (κ2) is 7.75. The highest BCUT2D eigenvalue weighted by atomic mass is 16.5. The Labute approximate surface area is 120 Å². The fourth-order valence-electron chi connectivity index (χ4n) is 1.66. The van der Waals surface area contributed by atoms with Crippen molar-refractivity contribution in [3.05, 3.63) is 23.8 Å². The zero-order valence-electron chi connectivity index (χ0n) is 12.6. The lowest BCUT2D eigenvalue weighted by Gasteiger charge is -2.15. The summed E-state index contributed by atoms with van der Waals surface area (Å²) < 4.78 is 10.7. The Morgan fingerprint density at radius 2 is 2.05 bits per heavy atom. The molecule has 0 spiro atoms. The predicted octanol–water partition coefficient (Wildman–Crippen LogP) is 1.87. The third kappa shape index (κ3) is 5.09. The van der Waals surface area contributed by atoms with Crippen molar-refractivity contribution in [2.75, 3.05) is 20.3 Å². The lowest BCUT2D eigenvalue weighted by molar-refractivity contribution is -0.123. The summed E-state index contributed by atoms with van der Waals surface area (Å²) >= 11 is 0. The maximum atomic E-state index is 11.7. The smallest absolute Gasteiger partial charge is 0.257 e. The number of hydrogen-bond acceptors (Lipinski definition) is 4. The maximum Gasteiger partial charge on any atom is 0.257 e. The summed E-state index contributed by atoms with van der Waals surface area (Å²) in [5.74, 6) is 1.53. The van der Waals surface area contributed by atoms with Gasteiger partial charge in [-0.2, -0.15) is 0 Å². The second-order valence-electron chi connectivity index (χ2n) is 5.18. The van der Waals surface area contributed by atoms with E-state index < -0.39 is 0 Å². The Hall–Kier alpha value is -1.75. The molecule has 1 amide bonds. The lowest BCUT2D eigenvalue weighted by atomic mass is 10.1. The number of benzene rings is 1. The van der Waals surface area contributed by atoms with Crippen LogP contribution in [0.25, 0.3) is 0 Å². The number of rotatable bonds is 7. The molecule has 112 valence electrons. The molecule has 20 heavy (non-hydrogen) atoms. The van der Waals surface area contributed by atoms with E-state index in [-0.39, 0.29) is 18.6 Å². The fourth-order valence-corrected chi connectivity index (χ4v) is 1.66. The molecule has 0 aliphatic carbocycles. The van der Waals surface area contributed by atoms with Gasteiger partial charge < -0.3 is 20.5 Å². The second-order valence-corrected chi connectivity index (χ2v) is 5.18. The standard InChI is InChI=1S/C15H24N2O3/c1-10(2)8-17-15(18)9-20-14-7-12(19-4)5-6-13(14)11(3)16/h5-7,10-11H,8-9,16H2,1-4H3,(H,17,18). The van der Waals surface area contributed by atoms with Crippen LogP contribution in [0.4, 0.5) is 0 Å². The van der Waals surface area contributed by atoms with E-state index in [1.54, 1.807) is 13.2 Å². The number of carbonyl (C=O) groups is 1. The molecule has 0 aromatic heterocycles. The van der Waals surface area contributed by atoms with E-state index in [0.29, 0.717) is 24.0 Å². The third-order valence-corrected chi connectivity index (χ3v) is 2.78. The van der Waals surface area contributed by atoms with E-state index in [2.05, 4.69) is 5.32 Å². The van der Waals surface area contributed by atoms with Crippen LogP contribution in [-0.4, -0.2) is 26.2 Å². The van der Waals surface area contributed by atoms with Gasteiger partial charge in [0.05, 0.1) is 7.11 Å². The summed E-state index contributed by atoms with van der Waals surface area (Å²) in [4.78, 5) is 11.7. The number of hydrogen-bond donors (Lipinski definition) is 2. The summed E-state index contributed by atoms with van der Waals surface area (Å²) in [6.45, 7) is 6.56. The number of carbonyl (C=O) groups excluding carboxylic acids is 1. The van der Waals surface area contributed by atoms with E-state index in [4.69, 9.17) is 15.2 Å². The average Bonchev–Trinajstić information content (AvgIpc) is 2.42. The lowest BCUT2D eigenvalue weighted by Crippen LogP contribution is -2.31. The van der Waals surface area contributed by atoms with Crippen molar-refractivity contribution in [3.63, 3.8) is 0 Å². The van der Waals surface area contributed by atoms with Crippen molar-refractivity contribution in [2.24, 2.45) is 11.7 Å². The van der Waals surface area contributed by atoms with Crippen LogP contribution < -0.4 is 20.5 Å². The zero-order valence-corrected chi connectivity index (χ0v) is 12.6. The van der Waals surface area contributed by atoms with E-state index in [1.807, 2.05) is 32.9 Å². The number of ether oxygens (including phenoxy) is 2. The monoisotopic (exact) mass is 280 g/mol. The highest BCUT2D eigenvalue weighted by Gasteiger charge is 2.11. The minimum atomic E-state index is -0.172. The molecule has 1 unspecified atom stereocenters. The molecule has 0 saturated carbocycles. The highest BCUT2D eigenvalue weighted by molar-refractivity contribution is 5.77. The predicted molar refractivity (Wildman–Crippen MR) is 78.9 cm³/mol. The molecular weight excluding hydrogens is 256 g/mol. The van der Waals surface area contributed by atoms with Crippen molar-refractivity contribution in [3.8, 4) is 11.5 Å². The van der Waals surface area contributed by atoms with Gasteiger partial charge in [0, 0.05) is 24.2 Å². The van der Waals surface area contributed by atoms with Crippen molar-refractivity contribution in [1.29, 1.82) is 0 Å². The Morgan fingerprint density at radius 3 is 2.60 bits per heavy atom. The molecule has 0 aliphatic rings. The van der Waals surface area contributed by atoms with Gasteiger partial charge in [0.15, 0.2) is 6.61 Å². The first kappa shape index (κ1) is 16.3. The van der Waals surface area contributed by atoms with Crippen LogP contribution in [0.1, 0.15) is 32.4 Å². The number of methoxy groups -OCH3 is 1. The Balaban J connectivity index is 2.68. The summed E-state index contributed by atoms with van der Waals surface area (Å²) in [6, 6.07) is 5.25. The summed E-state index contributed by atoms with van der Waals surface area (Å²) in [5.41, 5.74) is 6.74. The van der Waals surface area contributed by atoms with Crippen LogP contribution in [-0.2, 0) is 4.79 Å². The molecule has 0 saturated heterocycles. The van der Waals surface area contributed by atoms with E-state index >= 15 is 0 Å². The molecule has 0 aliphatic heterocycles. The van der Waals surface area contributed by atoms with Crippen LogP contribution in [0.2, 0.25) is 0 Å². The Kier molecular flexibility index (Phi) is 6.31. The molecule has 1 atom stereocenters. The van der Waals surface area contributed by atoms with Crippen LogP contribution >= 0.6 is 0 Å². The van der Waals surface area contributed by atoms with Gasteiger partial charge in [-0.25, -0.2) is 0 Å². The average molecular weight is 280 g/mol. The van der Waals surface area contributed by atoms with Crippen molar-refractivity contribution >= 4 is 5.91 Å². The zero-order chi connectivity index (χ0) is 15.1. The molecule has 1 aromatic rings. The number of nitrogens with one attached hydrogen (secondary N) is 1. The molecule has 1 aromatic carbocycles. The first-order chi connectivity index (χ1) is 9.43. The molecule has 0 bridgehead atoms.